The molecule has 0 radical (unpaired) electrons. The second-order valence-corrected chi connectivity index (χ2v) is 14.7. The third-order valence-corrected chi connectivity index (χ3v) is 11.5. The van der Waals surface area contributed by atoms with E-state index in [0.29, 0.717) is 5.82 Å². The zero-order chi connectivity index (χ0) is 37.5. The van der Waals surface area contributed by atoms with Crippen molar-refractivity contribution in [2.45, 2.75) is 0 Å². The Hall–Kier alpha value is -7.69. The van der Waals surface area contributed by atoms with Crippen LogP contribution in [0.4, 0.5) is 0 Å². The molecule has 12 aromatic rings. The molecule has 4 nitrogen and oxygen atoms in total. The SMILES string of the molecule is c1ccc(-c2ccc(-c3nc(-c4cccc5c4nc(-c4cccc6c4ccc4ccccc46)c4ccc6oc7ccccc7c6c45)nc4ccccc34)cc2)cc1. The van der Waals surface area contributed by atoms with Crippen LogP contribution in [0.3, 0.4) is 0 Å². The van der Waals surface area contributed by atoms with Gasteiger partial charge >= 0.3 is 0 Å². The highest BCUT2D eigenvalue weighted by atomic mass is 16.3. The minimum atomic E-state index is 0.632. The molecule has 0 amide bonds. The topological polar surface area (TPSA) is 51.8 Å². The van der Waals surface area contributed by atoms with E-state index < -0.39 is 0 Å². The zero-order valence-corrected chi connectivity index (χ0v) is 30.6. The number of hydrogen-bond acceptors (Lipinski definition) is 4. The smallest absolute Gasteiger partial charge is 0.162 e. The highest BCUT2D eigenvalue weighted by molar-refractivity contribution is 6.29. The van der Waals surface area contributed by atoms with Gasteiger partial charge in [-0.1, -0.05) is 158 Å². The number of pyridine rings is 1. The summed E-state index contributed by atoms with van der Waals surface area (Å²) in [6.45, 7) is 0. The molecule has 0 saturated heterocycles. The molecule has 0 atom stereocenters. The summed E-state index contributed by atoms with van der Waals surface area (Å²) >= 11 is 0. The van der Waals surface area contributed by atoms with Crippen LogP contribution in [-0.2, 0) is 0 Å². The molecule has 0 spiro atoms. The summed E-state index contributed by atoms with van der Waals surface area (Å²) in [6.07, 6.45) is 0. The van der Waals surface area contributed by atoms with Crippen molar-refractivity contribution in [2.75, 3.05) is 0 Å². The predicted octanol–water partition coefficient (Wildman–Crippen LogP) is 14.2. The summed E-state index contributed by atoms with van der Waals surface area (Å²) in [4.78, 5) is 16.3. The van der Waals surface area contributed by atoms with E-state index in [-0.39, 0.29) is 0 Å². The van der Waals surface area contributed by atoms with Gasteiger partial charge in [-0.05, 0) is 63.0 Å². The van der Waals surface area contributed by atoms with Crippen LogP contribution in [-0.4, -0.2) is 15.0 Å². The number of rotatable bonds is 4. The molecule has 3 heterocycles. The molecule has 12 rings (SSSR count). The summed E-state index contributed by atoms with van der Waals surface area (Å²) in [5.41, 5.74) is 10.6. The van der Waals surface area contributed by atoms with E-state index in [0.717, 1.165) is 93.5 Å². The number of fused-ring (bicyclic) bond motifs is 11. The highest BCUT2D eigenvalue weighted by Crippen LogP contribution is 2.45. The molecule has 57 heavy (non-hydrogen) atoms. The van der Waals surface area contributed by atoms with Gasteiger partial charge in [-0.2, -0.15) is 0 Å². The minimum absolute atomic E-state index is 0.632. The lowest BCUT2D eigenvalue weighted by atomic mass is 9.92. The van der Waals surface area contributed by atoms with Crippen LogP contribution in [0.25, 0.3) is 121 Å². The van der Waals surface area contributed by atoms with Gasteiger partial charge in [-0.25, -0.2) is 15.0 Å². The second-order valence-electron chi connectivity index (χ2n) is 14.7. The van der Waals surface area contributed by atoms with Gasteiger partial charge in [0.15, 0.2) is 5.82 Å². The number of furan rings is 1. The molecule has 9 aromatic carbocycles. The maximum Gasteiger partial charge on any atom is 0.162 e. The first-order valence-electron chi connectivity index (χ1n) is 19.3. The minimum Gasteiger partial charge on any atom is -0.456 e. The molecule has 3 aromatic heterocycles. The Kier molecular flexibility index (Phi) is 6.89. The first-order valence-corrected chi connectivity index (χ1v) is 19.3. The second kappa shape index (κ2) is 12.4. The van der Waals surface area contributed by atoms with Crippen molar-refractivity contribution >= 4 is 76.1 Å². The summed E-state index contributed by atoms with van der Waals surface area (Å²) < 4.78 is 6.49. The molecule has 264 valence electrons. The Morgan fingerprint density at radius 3 is 1.86 bits per heavy atom. The summed E-state index contributed by atoms with van der Waals surface area (Å²) in [6, 6.07) is 66.0. The average molecular weight is 726 g/mol. The van der Waals surface area contributed by atoms with Gasteiger partial charge < -0.3 is 4.42 Å². The first-order chi connectivity index (χ1) is 28.3. The molecule has 0 N–H and O–H groups in total. The number of nitrogens with zero attached hydrogens (tertiary/aromatic N) is 3. The van der Waals surface area contributed by atoms with Crippen molar-refractivity contribution < 1.29 is 4.42 Å². The van der Waals surface area contributed by atoms with Gasteiger partial charge in [0.25, 0.3) is 0 Å². The first kappa shape index (κ1) is 31.6. The third-order valence-electron chi connectivity index (χ3n) is 11.5. The Morgan fingerprint density at radius 1 is 0.316 bits per heavy atom. The van der Waals surface area contributed by atoms with Crippen LogP contribution < -0.4 is 0 Å². The van der Waals surface area contributed by atoms with Crippen LogP contribution in [0.1, 0.15) is 0 Å². The van der Waals surface area contributed by atoms with E-state index >= 15 is 0 Å². The van der Waals surface area contributed by atoms with Gasteiger partial charge in [0, 0.05) is 49.0 Å². The lowest BCUT2D eigenvalue weighted by Crippen LogP contribution is -1.98. The van der Waals surface area contributed by atoms with Gasteiger partial charge in [-0.3, -0.25) is 0 Å². The fraction of sp³-hybridized carbons (Fsp3) is 0. The van der Waals surface area contributed by atoms with Gasteiger partial charge in [0.2, 0.25) is 0 Å². The molecule has 0 fully saturated rings. The Bertz CT molecular complexity index is 3570. The van der Waals surface area contributed by atoms with Crippen LogP contribution >= 0.6 is 0 Å². The van der Waals surface area contributed by atoms with Crippen molar-refractivity contribution in [3.63, 3.8) is 0 Å². The molecule has 0 bridgehead atoms. The van der Waals surface area contributed by atoms with E-state index in [9.17, 15) is 0 Å². The molecule has 4 heteroatoms. The van der Waals surface area contributed by atoms with E-state index in [1.54, 1.807) is 0 Å². The molecule has 0 unspecified atom stereocenters. The predicted molar refractivity (Wildman–Crippen MR) is 236 cm³/mol. The normalized spacial score (nSPS) is 11.9. The molecule has 0 aliphatic rings. The lowest BCUT2D eigenvalue weighted by molar-refractivity contribution is 0.669. The fourth-order valence-corrected chi connectivity index (χ4v) is 8.83. The molecule has 0 aliphatic heterocycles. The molecule has 0 aliphatic carbocycles. The monoisotopic (exact) mass is 725 g/mol. The van der Waals surface area contributed by atoms with Gasteiger partial charge in [-0.15, -0.1) is 0 Å². The quantitative estimate of drug-likeness (QED) is 0.170. The standard InChI is InChI=1S/C53H31N3O/c1-2-12-32(13-3-1)33-24-26-35(27-25-33)50-40-16-6-8-22-45(40)54-53(56-50)44-21-11-20-42-48-43(30-31-47-49(48)41-17-7-9-23-46(41)57-47)51(55-52(42)44)39-19-10-18-37-36-15-5-4-14-34(36)28-29-38(37)39/h1-31H. The number of para-hydroxylation sites is 3. The molecule has 0 saturated carbocycles. The largest absolute Gasteiger partial charge is 0.456 e. The van der Waals surface area contributed by atoms with E-state index in [2.05, 4.69) is 164 Å². The molecular weight excluding hydrogens is 695 g/mol. The van der Waals surface area contributed by atoms with Crippen molar-refractivity contribution in [3.05, 3.63) is 188 Å². The maximum atomic E-state index is 6.49. The Morgan fingerprint density at radius 2 is 0.982 bits per heavy atom. The maximum absolute atomic E-state index is 6.49. The van der Waals surface area contributed by atoms with Crippen LogP contribution in [0.2, 0.25) is 0 Å². The average Bonchev–Trinajstić information content (AvgIpc) is 3.67. The van der Waals surface area contributed by atoms with E-state index in [4.69, 9.17) is 19.4 Å². The van der Waals surface area contributed by atoms with Gasteiger partial charge in [0.05, 0.1) is 22.4 Å². The van der Waals surface area contributed by atoms with E-state index in [1.807, 2.05) is 24.3 Å². The lowest BCUT2D eigenvalue weighted by Gasteiger charge is -2.16. The van der Waals surface area contributed by atoms with Crippen molar-refractivity contribution in [1.82, 2.24) is 15.0 Å². The van der Waals surface area contributed by atoms with Crippen LogP contribution in [0, 0.1) is 0 Å². The number of benzene rings is 9. The summed E-state index contributed by atoms with van der Waals surface area (Å²) in [5.74, 6) is 0.632. The number of aromatic nitrogens is 3. The van der Waals surface area contributed by atoms with Crippen LogP contribution in [0.15, 0.2) is 192 Å². The Labute approximate surface area is 327 Å². The van der Waals surface area contributed by atoms with Gasteiger partial charge in [0.1, 0.15) is 11.2 Å². The van der Waals surface area contributed by atoms with Crippen molar-refractivity contribution in [1.29, 1.82) is 0 Å². The third kappa shape index (κ3) is 4.91. The van der Waals surface area contributed by atoms with Crippen molar-refractivity contribution in [2.24, 2.45) is 0 Å². The van der Waals surface area contributed by atoms with Crippen LogP contribution in [0.5, 0.6) is 0 Å². The van der Waals surface area contributed by atoms with Crippen molar-refractivity contribution in [3.8, 4) is 45.0 Å². The Balaban J connectivity index is 1.17. The summed E-state index contributed by atoms with van der Waals surface area (Å²) in [7, 11) is 0. The van der Waals surface area contributed by atoms with E-state index in [1.165, 1.54) is 21.7 Å². The fourth-order valence-electron chi connectivity index (χ4n) is 8.83. The zero-order valence-electron chi connectivity index (χ0n) is 30.6. The highest BCUT2D eigenvalue weighted by Gasteiger charge is 2.22. The summed E-state index contributed by atoms with van der Waals surface area (Å²) in [5, 5.41) is 11.2. The number of hydrogen-bond donors (Lipinski definition) is 0. The molecular formula is C53H31N3O.